The van der Waals surface area contributed by atoms with Crippen LogP contribution >= 0.6 is 15.9 Å². The van der Waals surface area contributed by atoms with Crippen LogP contribution in [0.15, 0.2) is 16.7 Å². The molecule has 0 saturated heterocycles. The van der Waals surface area contributed by atoms with E-state index < -0.39 is 0 Å². The highest BCUT2D eigenvalue weighted by atomic mass is 79.9. The first-order valence-corrected chi connectivity index (χ1v) is 6.99. The van der Waals surface area contributed by atoms with Gasteiger partial charge in [-0.2, -0.15) is 0 Å². The lowest BCUT2D eigenvalue weighted by atomic mass is 10.2. The maximum atomic E-state index is 5.61. The average Bonchev–Trinajstić information content (AvgIpc) is 2.94. The Hall–Kier alpha value is -1.73. The Kier molecular flexibility index (Phi) is 3.31. The van der Waals surface area contributed by atoms with E-state index in [1.807, 2.05) is 16.5 Å². The predicted molar refractivity (Wildman–Crippen MR) is 80.6 cm³/mol. The van der Waals surface area contributed by atoms with Gasteiger partial charge in [-0.15, -0.1) is 0 Å². The Morgan fingerprint density at radius 1 is 1.30 bits per heavy atom. The van der Waals surface area contributed by atoms with Crippen LogP contribution in [0.25, 0.3) is 16.8 Å². The maximum Gasteiger partial charge on any atom is 0.213 e. The minimum absolute atomic E-state index is 0.581. The first kappa shape index (κ1) is 13.3. The van der Waals surface area contributed by atoms with Crippen LogP contribution in [0.1, 0.15) is 5.69 Å². The summed E-state index contributed by atoms with van der Waals surface area (Å²) < 4.78 is 13.6. The van der Waals surface area contributed by atoms with Crippen molar-refractivity contribution in [3.8, 4) is 11.5 Å². The van der Waals surface area contributed by atoms with E-state index in [2.05, 4.69) is 25.9 Å². The van der Waals surface area contributed by atoms with Crippen molar-refractivity contribution in [1.29, 1.82) is 0 Å². The van der Waals surface area contributed by atoms with E-state index in [4.69, 9.17) is 15.2 Å². The topological polar surface area (TPSA) is 77.6 Å². The molecule has 0 aliphatic carbocycles. The molecule has 6 nitrogen and oxygen atoms in total. The molecule has 0 spiro atoms. The second-order valence-corrected chi connectivity index (χ2v) is 5.15. The largest absolute Gasteiger partial charge is 0.493 e. The Bertz CT molecular complexity index is 778. The van der Waals surface area contributed by atoms with Crippen molar-refractivity contribution >= 4 is 32.7 Å². The van der Waals surface area contributed by atoms with Gasteiger partial charge in [-0.25, -0.2) is 4.98 Å². The third-order valence-corrected chi connectivity index (χ3v) is 4.10. The minimum atomic E-state index is 0.581. The maximum absolute atomic E-state index is 5.61. The second kappa shape index (κ2) is 4.99. The average molecular weight is 339 g/mol. The fourth-order valence-electron chi connectivity index (χ4n) is 2.32. The number of aromatic nitrogens is 3. The summed E-state index contributed by atoms with van der Waals surface area (Å²) in [7, 11) is 3.23. The number of rotatable bonds is 4. The minimum Gasteiger partial charge on any atom is -0.493 e. The number of ether oxygens (including phenoxy) is 2. The summed E-state index contributed by atoms with van der Waals surface area (Å²) in [5, 5.41) is 0. The van der Waals surface area contributed by atoms with E-state index in [0.29, 0.717) is 18.0 Å². The van der Waals surface area contributed by atoms with E-state index in [9.17, 15) is 0 Å². The summed E-state index contributed by atoms with van der Waals surface area (Å²) in [6.45, 7) is 0.581. The van der Waals surface area contributed by atoms with E-state index >= 15 is 0 Å². The lowest BCUT2D eigenvalue weighted by Crippen LogP contribution is -2.03. The summed E-state index contributed by atoms with van der Waals surface area (Å²) in [6.07, 6.45) is 0.763. The molecule has 1 aromatic carbocycles. The Morgan fingerprint density at radius 2 is 2.00 bits per heavy atom. The summed E-state index contributed by atoms with van der Waals surface area (Å²) in [6, 6.07) is 3.78. The van der Waals surface area contributed by atoms with Gasteiger partial charge in [0.1, 0.15) is 4.60 Å². The lowest BCUT2D eigenvalue weighted by Gasteiger charge is -2.07. The Morgan fingerprint density at radius 3 is 2.65 bits per heavy atom. The smallest absolute Gasteiger partial charge is 0.213 e. The molecule has 0 radical (unpaired) electrons. The molecule has 0 saturated carbocycles. The number of nitrogens with zero attached hydrogens (tertiary/aromatic N) is 2. The highest BCUT2D eigenvalue weighted by molar-refractivity contribution is 9.10. The van der Waals surface area contributed by atoms with Crippen LogP contribution in [-0.2, 0) is 6.42 Å². The normalized spacial score (nSPS) is 11.4. The molecule has 3 N–H and O–H groups in total. The number of halogens is 1. The van der Waals surface area contributed by atoms with Gasteiger partial charge in [0.25, 0.3) is 0 Å². The summed E-state index contributed by atoms with van der Waals surface area (Å²) in [5.74, 6) is 2.11. The van der Waals surface area contributed by atoms with E-state index in [0.717, 1.165) is 33.5 Å². The third kappa shape index (κ3) is 1.85. The fraction of sp³-hybridized carbons (Fsp3) is 0.308. The molecule has 0 aliphatic rings. The Labute approximate surface area is 124 Å². The number of fused-ring (bicyclic) bond motifs is 3. The van der Waals surface area contributed by atoms with Crippen LogP contribution in [0.3, 0.4) is 0 Å². The second-order valence-electron chi connectivity index (χ2n) is 4.40. The van der Waals surface area contributed by atoms with Crippen LogP contribution in [0.4, 0.5) is 0 Å². The van der Waals surface area contributed by atoms with Gasteiger partial charge in [-0.3, -0.25) is 4.40 Å². The quantitative estimate of drug-likeness (QED) is 0.763. The number of methoxy groups -OCH3 is 2. The summed E-state index contributed by atoms with van der Waals surface area (Å²) in [5.41, 5.74) is 8.43. The van der Waals surface area contributed by atoms with Gasteiger partial charge >= 0.3 is 0 Å². The first-order valence-electron chi connectivity index (χ1n) is 6.20. The van der Waals surface area contributed by atoms with Crippen molar-refractivity contribution in [1.82, 2.24) is 14.4 Å². The molecular weight excluding hydrogens is 324 g/mol. The van der Waals surface area contributed by atoms with Crippen LogP contribution in [0.5, 0.6) is 11.5 Å². The molecule has 3 rings (SSSR count). The fourth-order valence-corrected chi connectivity index (χ4v) is 2.97. The molecule has 0 unspecified atom stereocenters. The van der Waals surface area contributed by atoms with Crippen molar-refractivity contribution in [2.75, 3.05) is 20.8 Å². The van der Waals surface area contributed by atoms with Crippen molar-refractivity contribution < 1.29 is 9.47 Å². The number of nitrogens with one attached hydrogen (secondary N) is 1. The van der Waals surface area contributed by atoms with Crippen LogP contribution in [-0.4, -0.2) is 35.1 Å². The van der Waals surface area contributed by atoms with Crippen molar-refractivity contribution in [3.63, 3.8) is 0 Å². The molecule has 3 aromatic rings. The molecule has 0 atom stereocenters. The number of hydrogen-bond donors (Lipinski definition) is 2. The van der Waals surface area contributed by atoms with Gasteiger partial charge < -0.3 is 20.2 Å². The monoisotopic (exact) mass is 338 g/mol. The van der Waals surface area contributed by atoms with Gasteiger partial charge in [0.2, 0.25) is 5.78 Å². The molecule has 20 heavy (non-hydrogen) atoms. The summed E-state index contributed by atoms with van der Waals surface area (Å²) >= 11 is 3.60. The number of hydrogen-bond acceptors (Lipinski definition) is 4. The van der Waals surface area contributed by atoms with Gasteiger partial charge in [0.05, 0.1) is 30.9 Å². The van der Waals surface area contributed by atoms with Gasteiger partial charge in [0.15, 0.2) is 11.5 Å². The number of imidazole rings is 2. The number of benzene rings is 1. The SMILES string of the molecule is COc1cc2nc3[nH]c(CCN)c(Br)n3c2cc1OC. The zero-order valence-corrected chi connectivity index (χ0v) is 12.8. The van der Waals surface area contributed by atoms with Crippen LogP contribution in [0.2, 0.25) is 0 Å². The zero-order chi connectivity index (χ0) is 14.3. The van der Waals surface area contributed by atoms with Gasteiger partial charge in [-0.05, 0) is 22.5 Å². The van der Waals surface area contributed by atoms with E-state index in [1.54, 1.807) is 14.2 Å². The van der Waals surface area contributed by atoms with Crippen LogP contribution in [0, 0.1) is 0 Å². The van der Waals surface area contributed by atoms with Crippen molar-refractivity contribution in [3.05, 3.63) is 22.4 Å². The number of H-pyrrole nitrogens is 1. The highest BCUT2D eigenvalue weighted by Gasteiger charge is 2.16. The molecular formula is C13H15BrN4O2. The predicted octanol–water partition coefficient (Wildman–Crippen LogP) is 2.10. The molecule has 2 heterocycles. The van der Waals surface area contributed by atoms with E-state index in [-0.39, 0.29) is 0 Å². The third-order valence-electron chi connectivity index (χ3n) is 3.26. The van der Waals surface area contributed by atoms with Crippen LogP contribution < -0.4 is 15.2 Å². The molecule has 2 aromatic heterocycles. The number of nitrogens with two attached hydrogens (primary N) is 1. The van der Waals surface area contributed by atoms with Gasteiger partial charge in [-0.1, -0.05) is 0 Å². The standard InChI is InChI=1S/C13H15BrN4O2/c1-19-10-5-8-9(6-11(10)20-2)18-12(14)7(3-4-15)16-13(18)17-8/h5-6H,3-4,15H2,1-2H3,(H,16,17). The van der Waals surface area contributed by atoms with Crippen molar-refractivity contribution in [2.24, 2.45) is 5.73 Å². The highest BCUT2D eigenvalue weighted by Crippen LogP contribution is 2.34. The molecule has 0 fully saturated rings. The zero-order valence-electron chi connectivity index (χ0n) is 11.2. The van der Waals surface area contributed by atoms with Crippen molar-refractivity contribution in [2.45, 2.75) is 6.42 Å². The summed E-state index contributed by atoms with van der Waals surface area (Å²) in [4.78, 5) is 7.84. The Balaban J connectivity index is 2.30. The molecule has 7 heteroatoms. The van der Waals surface area contributed by atoms with Gasteiger partial charge in [0, 0.05) is 18.6 Å². The molecule has 0 amide bonds. The molecule has 106 valence electrons. The first-order chi connectivity index (χ1) is 9.69. The lowest BCUT2D eigenvalue weighted by molar-refractivity contribution is 0.355. The number of aromatic amines is 1. The molecule has 0 aliphatic heterocycles. The van der Waals surface area contributed by atoms with E-state index in [1.165, 1.54) is 0 Å². The molecule has 0 bridgehead atoms.